The van der Waals surface area contributed by atoms with Crippen LogP contribution in [0.2, 0.25) is 0 Å². The molecule has 0 aromatic carbocycles. The van der Waals surface area contributed by atoms with Crippen LogP contribution in [0.15, 0.2) is 0 Å². The highest BCUT2D eigenvalue weighted by molar-refractivity contribution is 5.69. The van der Waals surface area contributed by atoms with E-state index in [0.717, 1.165) is 50.2 Å². The molecule has 0 aromatic rings. The topological polar surface area (TPSA) is 43.8 Å². The van der Waals surface area contributed by atoms with Crippen molar-refractivity contribution in [3.8, 4) is 0 Å². The molecule has 0 aliphatic carbocycles. The van der Waals surface area contributed by atoms with E-state index in [1.165, 1.54) is 6.54 Å². The number of rotatable bonds is 8. The van der Waals surface area contributed by atoms with Crippen LogP contribution in [0.25, 0.3) is 0 Å². The molecule has 0 unspecified atom stereocenters. The second-order valence-electron chi connectivity index (χ2n) is 7.14. The van der Waals surface area contributed by atoms with Crippen molar-refractivity contribution < 1.29 is 9.90 Å². The summed E-state index contributed by atoms with van der Waals surface area (Å²) in [6, 6.07) is 0.443. The molecule has 1 aliphatic heterocycles. The Hall–Kier alpha value is -0.610. The highest BCUT2D eigenvalue weighted by atomic mass is 16.4. The molecule has 1 saturated heterocycles. The van der Waals surface area contributed by atoms with E-state index in [1.807, 2.05) is 0 Å². The molecule has 1 rings (SSSR count). The van der Waals surface area contributed by atoms with Crippen molar-refractivity contribution in [3.05, 3.63) is 0 Å². The first-order valence-corrected chi connectivity index (χ1v) is 8.53. The Morgan fingerprint density at radius 2 is 1.71 bits per heavy atom. The zero-order valence-corrected chi connectivity index (χ0v) is 14.5. The molecule has 1 N–H and O–H groups in total. The van der Waals surface area contributed by atoms with Gasteiger partial charge in [-0.25, -0.2) is 0 Å². The van der Waals surface area contributed by atoms with Crippen molar-refractivity contribution in [1.82, 2.24) is 9.80 Å². The minimum atomic E-state index is -0.709. The summed E-state index contributed by atoms with van der Waals surface area (Å²) in [7, 11) is 0. The van der Waals surface area contributed by atoms with Gasteiger partial charge >= 0.3 is 5.97 Å². The summed E-state index contributed by atoms with van der Waals surface area (Å²) in [6.07, 6.45) is 2.20. The lowest BCUT2D eigenvalue weighted by molar-refractivity contribution is -0.139. The van der Waals surface area contributed by atoms with Gasteiger partial charge in [0.2, 0.25) is 0 Å². The lowest BCUT2D eigenvalue weighted by Crippen LogP contribution is -2.48. The summed E-state index contributed by atoms with van der Waals surface area (Å²) in [6.45, 7) is 15.8. The first-order valence-electron chi connectivity index (χ1n) is 8.53. The van der Waals surface area contributed by atoms with Gasteiger partial charge in [0.25, 0.3) is 0 Å². The Morgan fingerprint density at radius 1 is 1.19 bits per heavy atom. The number of hydrogen-bond acceptors (Lipinski definition) is 3. The summed E-state index contributed by atoms with van der Waals surface area (Å²) in [5.74, 6) is 1.49. The fourth-order valence-electron chi connectivity index (χ4n) is 3.63. The molecule has 124 valence electrons. The van der Waals surface area contributed by atoms with Crippen LogP contribution in [-0.4, -0.2) is 59.6 Å². The van der Waals surface area contributed by atoms with Crippen molar-refractivity contribution >= 4 is 5.97 Å². The van der Waals surface area contributed by atoms with Gasteiger partial charge in [-0.1, -0.05) is 34.6 Å². The van der Waals surface area contributed by atoms with Crippen LogP contribution < -0.4 is 0 Å². The number of carboxylic acid groups (broad SMARTS) is 1. The van der Waals surface area contributed by atoms with Crippen LogP contribution in [-0.2, 0) is 4.79 Å². The number of carboxylic acids is 1. The van der Waals surface area contributed by atoms with Crippen molar-refractivity contribution in [3.63, 3.8) is 0 Å². The maximum Gasteiger partial charge on any atom is 0.317 e. The minimum Gasteiger partial charge on any atom is -0.480 e. The van der Waals surface area contributed by atoms with Crippen LogP contribution in [0, 0.1) is 17.8 Å². The molecule has 0 saturated carbocycles. The predicted molar refractivity (Wildman–Crippen MR) is 87.5 cm³/mol. The van der Waals surface area contributed by atoms with Gasteiger partial charge in [-0.05, 0) is 50.2 Å². The third-order valence-corrected chi connectivity index (χ3v) is 5.00. The Balaban J connectivity index is 2.45. The predicted octanol–water partition coefficient (Wildman–Crippen LogP) is 2.79. The Labute approximate surface area is 130 Å². The number of nitrogens with zero attached hydrogens (tertiary/aromatic N) is 2. The first-order chi connectivity index (χ1) is 9.85. The molecule has 0 atom stereocenters. The quantitative estimate of drug-likeness (QED) is 0.748. The molecule has 1 aliphatic rings. The average Bonchev–Trinajstić information content (AvgIpc) is 2.42. The van der Waals surface area contributed by atoms with Crippen LogP contribution in [0.1, 0.15) is 47.5 Å². The molecular formula is C17H34N2O2. The van der Waals surface area contributed by atoms with Crippen LogP contribution in [0.4, 0.5) is 0 Å². The summed E-state index contributed by atoms with van der Waals surface area (Å²) >= 11 is 0. The molecule has 0 amide bonds. The Morgan fingerprint density at radius 3 is 2.10 bits per heavy atom. The molecule has 4 heteroatoms. The van der Waals surface area contributed by atoms with Gasteiger partial charge in [0.05, 0.1) is 6.54 Å². The van der Waals surface area contributed by atoms with Gasteiger partial charge in [0.15, 0.2) is 0 Å². The highest BCUT2D eigenvalue weighted by Gasteiger charge is 2.27. The van der Waals surface area contributed by atoms with Crippen LogP contribution in [0.5, 0.6) is 0 Å². The zero-order valence-electron chi connectivity index (χ0n) is 14.5. The number of hydrogen-bond donors (Lipinski definition) is 1. The first kappa shape index (κ1) is 18.4. The fourth-order valence-corrected chi connectivity index (χ4v) is 3.63. The third-order valence-electron chi connectivity index (χ3n) is 5.00. The fraction of sp³-hybridized carbons (Fsp3) is 0.941. The standard InChI is InChI=1S/C17H34N2O2/c1-6-19(12-17(20)21)15-7-9-18(10-8-15)11-16(13(2)3)14(4)5/h13-16H,6-12H2,1-5H3,(H,20,21). The molecule has 1 heterocycles. The molecule has 21 heavy (non-hydrogen) atoms. The van der Waals surface area contributed by atoms with Crippen molar-refractivity contribution in [1.29, 1.82) is 0 Å². The van der Waals surface area contributed by atoms with E-state index in [-0.39, 0.29) is 6.54 Å². The third kappa shape index (κ3) is 5.95. The van der Waals surface area contributed by atoms with Crippen LogP contribution >= 0.6 is 0 Å². The summed E-state index contributed by atoms with van der Waals surface area (Å²) in [5.41, 5.74) is 0. The lowest BCUT2D eigenvalue weighted by atomic mass is 9.84. The number of likely N-dealkylation sites (tertiary alicyclic amines) is 1. The number of likely N-dealkylation sites (N-methyl/N-ethyl adjacent to an activating group) is 1. The van der Waals surface area contributed by atoms with Gasteiger partial charge in [-0.15, -0.1) is 0 Å². The normalized spacial score (nSPS) is 18.3. The summed E-state index contributed by atoms with van der Waals surface area (Å²) in [4.78, 5) is 15.6. The van der Waals surface area contributed by atoms with E-state index < -0.39 is 5.97 Å². The molecule has 0 bridgehead atoms. The van der Waals surface area contributed by atoms with E-state index in [1.54, 1.807) is 0 Å². The smallest absolute Gasteiger partial charge is 0.317 e. The monoisotopic (exact) mass is 298 g/mol. The van der Waals surface area contributed by atoms with E-state index in [9.17, 15) is 4.79 Å². The molecule has 1 fully saturated rings. The largest absolute Gasteiger partial charge is 0.480 e. The second-order valence-corrected chi connectivity index (χ2v) is 7.14. The average molecular weight is 298 g/mol. The molecular weight excluding hydrogens is 264 g/mol. The number of carbonyl (C=O) groups is 1. The Bertz CT molecular complexity index is 302. The van der Waals surface area contributed by atoms with Gasteiger partial charge in [0.1, 0.15) is 0 Å². The van der Waals surface area contributed by atoms with Crippen molar-refractivity contribution in [2.75, 3.05) is 32.7 Å². The van der Waals surface area contributed by atoms with Gasteiger partial charge < -0.3 is 10.0 Å². The molecule has 4 nitrogen and oxygen atoms in total. The van der Waals surface area contributed by atoms with E-state index in [0.29, 0.717) is 6.04 Å². The van der Waals surface area contributed by atoms with Gasteiger partial charge in [0, 0.05) is 12.6 Å². The molecule has 0 spiro atoms. The molecule has 0 radical (unpaired) electrons. The van der Waals surface area contributed by atoms with Gasteiger partial charge in [-0.3, -0.25) is 9.69 Å². The maximum atomic E-state index is 10.9. The SMILES string of the molecule is CCN(CC(=O)O)C1CCN(CC(C(C)C)C(C)C)CC1. The van der Waals surface area contributed by atoms with E-state index in [2.05, 4.69) is 44.4 Å². The summed E-state index contributed by atoms with van der Waals surface area (Å²) in [5, 5.41) is 8.99. The second kappa shape index (κ2) is 8.74. The Kier molecular flexibility index (Phi) is 7.67. The van der Waals surface area contributed by atoms with Crippen molar-refractivity contribution in [2.45, 2.75) is 53.5 Å². The number of piperidine rings is 1. The van der Waals surface area contributed by atoms with Gasteiger partial charge in [-0.2, -0.15) is 0 Å². The number of aliphatic carboxylic acids is 1. The van der Waals surface area contributed by atoms with E-state index >= 15 is 0 Å². The van der Waals surface area contributed by atoms with E-state index in [4.69, 9.17) is 5.11 Å². The molecule has 0 aromatic heterocycles. The van der Waals surface area contributed by atoms with Crippen molar-refractivity contribution in [2.24, 2.45) is 17.8 Å². The minimum absolute atomic E-state index is 0.182. The maximum absolute atomic E-state index is 10.9. The summed E-state index contributed by atoms with van der Waals surface area (Å²) < 4.78 is 0. The van der Waals surface area contributed by atoms with Crippen LogP contribution in [0.3, 0.4) is 0 Å². The highest BCUT2D eigenvalue weighted by Crippen LogP contribution is 2.24. The zero-order chi connectivity index (χ0) is 16.0. The lowest BCUT2D eigenvalue weighted by Gasteiger charge is -2.40.